The van der Waals surface area contributed by atoms with Crippen LogP contribution in [-0.2, 0) is 6.42 Å². The SMILES string of the molecule is Cc1cc(O)cc(OCC2Cc3ccccc3O2)c1. The molecule has 1 aliphatic rings. The van der Waals surface area contributed by atoms with E-state index in [1.807, 2.05) is 31.2 Å². The van der Waals surface area contributed by atoms with Crippen molar-refractivity contribution in [2.24, 2.45) is 0 Å². The highest BCUT2D eigenvalue weighted by molar-refractivity contribution is 5.38. The van der Waals surface area contributed by atoms with Crippen LogP contribution in [0, 0.1) is 6.92 Å². The third kappa shape index (κ3) is 2.65. The van der Waals surface area contributed by atoms with E-state index in [0.29, 0.717) is 12.4 Å². The van der Waals surface area contributed by atoms with Crippen molar-refractivity contribution in [3.63, 3.8) is 0 Å². The van der Waals surface area contributed by atoms with Crippen LogP contribution in [0.2, 0.25) is 0 Å². The fourth-order valence-corrected chi connectivity index (χ4v) is 2.35. The minimum Gasteiger partial charge on any atom is -0.508 e. The molecule has 19 heavy (non-hydrogen) atoms. The molecule has 0 radical (unpaired) electrons. The molecule has 0 aliphatic carbocycles. The summed E-state index contributed by atoms with van der Waals surface area (Å²) in [5, 5.41) is 9.52. The van der Waals surface area contributed by atoms with Gasteiger partial charge in [-0.15, -0.1) is 0 Å². The number of rotatable bonds is 3. The van der Waals surface area contributed by atoms with E-state index in [4.69, 9.17) is 9.47 Å². The van der Waals surface area contributed by atoms with Crippen molar-refractivity contribution >= 4 is 0 Å². The number of phenolic OH excluding ortho intramolecular Hbond substituents is 1. The van der Waals surface area contributed by atoms with Gasteiger partial charge in [-0.2, -0.15) is 0 Å². The zero-order chi connectivity index (χ0) is 13.2. The van der Waals surface area contributed by atoms with Crippen molar-refractivity contribution in [2.75, 3.05) is 6.61 Å². The molecule has 1 aliphatic heterocycles. The zero-order valence-electron chi connectivity index (χ0n) is 10.8. The van der Waals surface area contributed by atoms with Gasteiger partial charge in [-0.1, -0.05) is 18.2 Å². The van der Waals surface area contributed by atoms with Crippen LogP contribution >= 0.6 is 0 Å². The molecule has 98 valence electrons. The lowest BCUT2D eigenvalue weighted by atomic mass is 10.1. The summed E-state index contributed by atoms with van der Waals surface area (Å²) in [5.74, 6) is 1.85. The average molecular weight is 256 g/mol. The molecule has 0 saturated heterocycles. The van der Waals surface area contributed by atoms with Crippen molar-refractivity contribution in [3.05, 3.63) is 53.6 Å². The Bertz CT molecular complexity index is 547. The Balaban J connectivity index is 1.62. The van der Waals surface area contributed by atoms with Gasteiger partial charge >= 0.3 is 0 Å². The molecular formula is C16H16O3. The number of hydrogen-bond acceptors (Lipinski definition) is 3. The fourth-order valence-electron chi connectivity index (χ4n) is 2.35. The van der Waals surface area contributed by atoms with Crippen LogP contribution in [0.1, 0.15) is 11.1 Å². The molecule has 1 heterocycles. The predicted molar refractivity (Wildman–Crippen MR) is 72.9 cm³/mol. The van der Waals surface area contributed by atoms with Crippen molar-refractivity contribution in [1.29, 1.82) is 0 Å². The molecule has 3 heteroatoms. The van der Waals surface area contributed by atoms with Gasteiger partial charge in [-0.05, 0) is 36.2 Å². The first kappa shape index (κ1) is 11.9. The molecule has 2 aromatic carbocycles. The maximum absolute atomic E-state index is 9.52. The van der Waals surface area contributed by atoms with Crippen LogP contribution in [0.4, 0.5) is 0 Å². The second-order valence-corrected chi connectivity index (χ2v) is 4.87. The van der Waals surface area contributed by atoms with E-state index in [9.17, 15) is 5.11 Å². The van der Waals surface area contributed by atoms with Gasteiger partial charge in [0.2, 0.25) is 0 Å². The summed E-state index contributed by atoms with van der Waals surface area (Å²) in [6, 6.07) is 13.3. The smallest absolute Gasteiger partial charge is 0.137 e. The first-order chi connectivity index (χ1) is 9.20. The molecule has 0 bridgehead atoms. The summed E-state index contributed by atoms with van der Waals surface area (Å²) in [5.41, 5.74) is 2.20. The Morgan fingerprint density at radius 1 is 1.26 bits per heavy atom. The first-order valence-corrected chi connectivity index (χ1v) is 6.39. The summed E-state index contributed by atoms with van der Waals surface area (Å²) in [6.07, 6.45) is 0.911. The third-order valence-electron chi connectivity index (χ3n) is 3.19. The normalized spacial score (nSPS) is 16.8. The van der Waals surface area contributed by atoms with Crippen molar-refractivity contribution in [1.82, 2.24) is 0 Å². The maximum atomic E-state index is 9.52. The number of phenols is 1. The standard InChI is InChI=1S/C16H16O3/c1-11-6-13(17)9-14(7-11)18-10-15-8-12-4-2-3-5-16(12)19-15/h2-7,9,15,17H,8,10H2,1H3. The van der Waals surface area contributed by atoms with Gasteiger partial charge in [-0.3, -0.25) is 0 Å². The number of fused-ring (bicyclic) bond motifs is 1. The van der Waals surface area contributed by atoms with Gasteiger partial charge in [0.05, 0.1) is 0 Å². The molecular weight excluding hydrogens is 240 g/mol. The lowest BCUT2D eigenvalue weighted by Crippen LogP contribution is -2.22. The number of aryl methyl sites for hydroxylation is 1. The van der Waals surface area contributed by atoms with E-state index in [0.717, 1.165) is 17.7 Å². The Kier molecular flexibility index (Phi) is 3.03. The first-order valence-electron chi connectivity index (χ1n) is 6.39. The van der Waals surface area contributed by atoms with Gasteiger partial charge in [0, 0.05) is 12.5 Å². The molecule has 0 spiro atoms. The topological polar surface area (TPSA) is 38.7 Å². The second kappa shape index (κ2) is 4.84. The van der Waals surface area contributed by atoms with Crippen LogP contribution in [0.3, 0.4) is 0 Å². The molecule has 0 amide bonds. The Morgan fingerprint density at radius 2 is 2.11 bits per heavy atom. The second-order valence-electron chi connectivity index (χ2n) is 4.87. The quantitative estimate of drug-likeness (QED) is 0.917. The van der Waals surface area contributed by atoms with Gasteiger partial charge in [0.25, 0.3) is 0 Å². The summed E-state index contributed by atoms with van der Waals surface area (Å²) in [4.78, 5) is 0. The maximum Gasteiger partial charge on any atom is 0.137 e. The van der Waals surface area contributed by atoms with E-state index in [-0.39, 0.29) is 11.9 Å². The van der Waals surface area contributed by atoms with Crippen LogP contribution < -0.4 is 9.47 Å². The minimum atomic E-state index is 0.0417. The monoisotopic (exact) mass is 256 g/mol. The minimum absolute atomic E-state index is 0.0417. The van der Waals surface area contributed by atoms with Gasteiger partial charge in [0.1, 0.15) is 30.0 Å². The third-order valence-corrected chi connectivity index (χ3v) is 3.19. The molecule has 0 fully saturated rings. The zero-order valence-corrected chi connectivity index (χ0v) is 10.8. The number of para-hydroxylation sites is 1. The fraction of sp³-hybridized carbons (Fsp3) is 0.250. The molecule has 0 aromatic heterocycles. The van der Waals surface area contributed by atoms with Crippen molar-refractivity contribution in [2.45, 2.75) is 19.4 Å². The van der Waals surface area contributed by atoms with Gasteiger partial charge in [0.15, 0.2) is 0 Å². The Labute approximate surface area is 112 Å². The lowest BCUT2D eigenvalue weighted by Gasteiger charge is -2.13. The molecule has 3 rings (SSSR count). The van der Waals surface area contributed by atoms with Crippen molar-refractivity contribution in [3.8, 4) is 17.2 Å². The Hall–Kier alpha value is -2.16. The highest BCUT2D eigenvalue weighted by Gasteiger charge is 2.22. The van der Waals surface area contributed by atoms with Crippen LogP contribution in [-0.4, -0.2) is 17.8 Å². The van der Waals surface area contributed by atoms with E-state index in [1.165, 1.54) is 5.56 Å². The van der Waals surface area contributed by atoms with Crippen LogP contribution in [0.25, 0.3) is 0 Å². The predicted octanol–water partition coefficient (Wildman–Crippen LogP) is 3.08. The average Bonchev–Trinajstić information content (AvgIpc) is 2.78. The van der Waals surface area contributed by atoms with Gasteiger partial charge in [-0.25, -0.2) is 0 Å². The summed E-state index contributed by atoms with van der Waals surface area (Å²) < 4.78 is 11.5. The van der Waals surface area contributed by atoms with Crippen molar-refractivity contribution < 1.29 is 14.6 Å². The lowest BCUT2D eigenvalue weighted by molar-refractivity contribution is 0.148. The summed E-state index contributed by atoms with van der Waals surface area (Å²) in [7, 11) is 0. The molecule has 1 unspecified atom stereocenters. The van der Waals surface area contributed by atoms with Crippen LogP contribution in [0.15, 0.2) is 42.5 Å². The van der Waals surface area contributed by atoms with E-state index < -0.39 is 0 Å². The molecule has 1 atom stereocenters. The number of aromatic hydroxyl groups is 1. The molecule has 0 saturated carbocycles. The van der Waals surface area contributed by atoms with Gasteiger partial charge < -0.3 is 14.6 Å². The van der Waals surface area contributed by atoms with E-state index >= 15 is 0 Å². The largest absolute Gasteiger partial charge is 0.508 e. The van der Waals surface area contributed by atoms with Crippen LogP contribution in [0.5, 0.6) is 17.2 Å². The van der Waals surface area contributed by atoms with E-state index in [2.05, 4.69) is 6.07 Å². The number of ether oxygens (including phenoxy) is 2. The molecule has 1 N–H and O–H groups in total. The molecule has 3 nitrogen and oxygen atoms in total. The number of benzene rings is 2. The highest BCUT2D eigenvalue weighted by Crippen LogP contribution is 2.29. The highest BCUT2D eigenvalue weighted by atomic mass is 16.5. The van der Waals surface area contributed by atoms with E-state index in [1.54, 1.807) is 12.1 Å². The summed E-state index contributed by atoms with van der Waals surface area (Å²) >= 11 is 0. The summed E-state index contributed by atoms with van der Waals surface area (Å²) in [6.45, 7) is 2.41. The molecule has 2 aromatic rings. The number of hydrogen-bond donors (Lipinski definition) is 1. The Morgan fingerprint density at radius 3 is 2.89 bits per heavy atom.